The maximum absolute atomic E-state index is 11.8. The second kappa shape index (κ2) is 3.43. The lowest BCUT2D eigenvalue weighted by Gasteiger charge is -2.52. The van der Waals surface area contributed by atoms with E-state index in [0.717, 1.165) is 0 Å². The standard InChI is InChI=1S/C10H21NO3S/c1-9(2)6-8(12)7-10(3,4)11(9)15(5,13)14/h8,12H,6-7H2,1-5H3. The molecule has 0 aliphatic carbocycles. The van der Waals surface area contributed by atoms with E-state index in [1.54, 1.807) is 0 Å². The molecular weight excluding hydrogens is 214 g/mol. The Morgan fingerprint density at radius 1 is 1.13 bits per heavy atom. The first kappa shape index (κ1) is 12.9. The van der Waals surface area contributed by atoms with E-state index < -0.39 is 27.2 Å². The van der Waals surface area contributed by atoms with Gasteiger partial charge < -0.3 is 5.11 Å². The molecule has 0 aromatic rings. The lowest BCUT2D eigenvalue weighted by Crippen LogP contribution is -2.63. The van der Waals surface area contributed by atoms with Crippen LogP contribution in [0.5, 0.6) is 0 Å². The van der Waals surface area contributed by atoms with Crippen molar-refractivity contribution in [1.82, 2.24) is 4.31 Å². The van der Waals surface area contributed by atoms with Crippen LogP contribution in [-0.2, 0) is 10.0 Å². The fraction of sp³-hybridized carbons (Fsp3) is 1.00. The maximum atomic E-state index is 11.8. The molecule has 1 fully saturated rings. The summed E-state index contributed by atoms with van der Waals surface area (Å²) in [7, 11) is -3.24. The molecule has 0 spiro atoms. The van der Waals surface area contributed by atoms with E-state index in [9.17, 15) is 13.5 Å². The van der Waals surface area contributed by atoms with Crippen LogP contribution in [0.4, 0.5) is 0 Å². The highest BCUT2D eigenvalue weighted by Crippen LogP contribution is 2.40. The molecule has 1 N–H and O–H groups in total. The zero-order valence-electron chi connectivity index (χ0n) is 10.1. The fourth-order valence-corrected chi connectivity index (χ4v) is 5.05. The Balaban J connectivity index is 3.20. The minimum Gasteiger partial charge on any atom is -0.393 e. The van der Waals surface area contributed by atoms with Gasteiger partial charge in [0, 0.05) is 11.1 Å². The van der Waals surface area contributed by atoms with E-state index in [2.05, 4.69) is 0 Å². The van der Waals surface area contributed by atoms with Crippen molar-refractivity contribution in [2.45, 2.75) is 57.7 Å². The number of aliphatic hydroxyl groups excluding tert-OH is 1. The summed E-state index contributed by atoms with van der Waals surface area (Å²) in [5.41, 5.74) is -1.04. The topological polar surface area (TPSA) is 57.6 Å². The van der Waals surface area contributed by atoms with E-state index in [4.69, 9.17) is 0 Å². The van der Waals surface area contributed by atoms with Crippen molar-refractivity contribution >= 4 is 10.0 Å². The highest BCUT2D eigenvalue weighted by molar-refractivity contribution is 7.88. The van der Waals surface area contributed by atoms with Gasteiger partial charge in [-0.25, -0.2) is 8.42 Å². The van der Waals surface area contributed by atoms with Gasteiger partial charge in [-0.05, 0) is 40.5 Å². The first-order chi connectivity index (χ1) is 6.47. The van der Waals surface area contributed by atoms with Crippen molar-refractivity contribution < 1.29 is 13.5 Å². The molecule has 0 atom stereocenters. The minimum atomic E-state index is -3.24. The molecule has 1 rings (SSSR count). The molecule has 1 aliphatic rings. The van der Waals surface area contributed by atoms with Crippen molar-refractivity contribution in [3.63, 3.8) is 0 Å². The number of hydrogen-bond donors (Lipinski definition) is 1. The van der Waals surface area contributed by atoms with Gasteiger partial charge in [-0.2, -0.15) is 4.31 Å². The molecule has 90 valence electrons. The molecule has 0 aromatic carbocycles. The van der Waals surface area contributed by atoms with E-state index in [0.29, 0.717) is 12.8 Å². The van der Waals surface area contributed by atoms with Crippen LogP contribution in [0.2, 0.25) is 0 Å². The van der Waals surface area contributed by atoms with Crippen molar-refractivity contribution in [3.05, 3.63) is 0 Å². The predicted octanol–water partition coefficient (Wildman–Crippen LogP) is 0.960. The Morgan fingerprint density at radius 3 is 1.73 bits per heavy atom. The van der Waals surface area contributed by atoms with Gasteiger partial charge in [0.15, 0.2) is 0 Å². The Labute approximate surface area is 92.3 Å². The summed E-state index contributed by atoms with van der Waals surface area (Å²) in [5, 5.41) is 9.74. The molecule has 0 radical (unpaired) electrons. The maximum Gasteiger partial charge on any atom is 0.212 e. The van der Waals surface area contributed by atoms with Crippen molar-refractivity contribution in [2.24, 2.45) is 0 Å². The molecule has 0 saturated carbocycles. The van der Waals surface area contributed by atoms with Crippen LogP contribution in [0, 0.1) is 0 Å². The quantitative estimate of drug-likeness (QED) is 0.736. The van der Waals surface area contributed by atoms with E-state index in [1.807, 2.05) is 27.7 Å². The Kier molecular flexibility index (Phi) is 2.96. The zero-order valence-corrected chi connectivity index (χ0v) is 10.9. The first-order valence-electron chi connectivity index (χ1n) is 5.15. The summed E-state index contributed by atoms with van der Waals surface area (Å²) in [5.74, 6) is 0. The van der Waals surface area contributed by atoms with Gasteiger partial charge in [-0.1, -0.05) is 0 Å². The average Bonchev–Trinajstić information content (AvgIpc) is 1.71. The predicted molar refractivity (Wildman–Crippen MR) is 60.1 cm³/mol. The monoisotopic (exact) mass is 235 g/mol. The van der Waals surface area contributed by atoms with Crippen LogP contribution in [0.3, 0.4) is 0 Å². The van der Waals surface area contributed by atoms with Crippen LogP contribution in [-0.4, -0.2) is 41.3 Å². The van der Waals surface area contributed by atoms with Gasteiger partial charge in [0.05, 0.1) is 12.4 Å². The molecule has 0 bridgehead atoms. The molecule has 0 unspecified atom stereocenters. The van der Waals surface area contributed by atoms with Crippen LogP contribution < -0.4 is 0 Å². The van der Waals surface area contributed by atoms with Gasteiger partial charge in [0.1, 0.15) is 0 Å². The number of sulfonamides is 1. The number of hydrogen-bond acceptors (Lipinski definition) is 3. The summed E-state index contributed by atoms with van der Waals surface area (Å²) < 4.78 is 25.1. The second-order valence-corrected chi connectivity index (χ2v) is 7.55. The van der Waals surface area contributed by atoms with Crippen LogP contribution in [0.15, 0.2) is 0 Å². The zero-order chi connectivity index (χ0) is 12.1. The number of rotatable bonds is 1. The third-order valence-corrected chi connectivity index (χ3v) is 4.55. The molecule has 1 aliphatic heterocycles. The highest BCUT2D eigenvalue weighted by Gasteiger charge is 2.49. The minimum absolute atomic E-state index is 0.423. The molecule has 5 heteroatoms. The largest absolute Gasteiger partial charge is 0.393 e. The molecule has 1 saturated heterocycles. The SMILES string of the molecule is CC1(C)CC(O)CC(C)(C)N1S(C)(=O)=O. The molecule has 4 nitrogen and oxygen atoms in total. The van der Waals surface area contributed by atoms with Gasteiger partial charge in [0.25, 0.3) is 0 Å². The van der Waals surface area contributed by atoms with Gasteiger partial charge in [-0.3, -0.25) is 0 Å². The van der Waals surface area contributed by atoms with Crippen molar-refractivity contribution in [3.8, 4) is 0 Å². The first-order valence-corrected chi connectivity index (χ1v) is 7.00. The summed E-state index contributed by atoms with van der Waals surface area (Å²) in [6.45, 7) is 7.44. The molecular formula is C10H21NO3S. The molecule has 0 amide bonds. The smallest absolute Gasteiger partial charge is 0.212 e. The Morgan fingerprint density at radius 2 is 1.47 bits per heavy atom. The van der Waals surface area contributed by atoms with Crippen molar-refractivity contribution in [1.29, 1.82) is 0 Å². The molecule has 15 heavy (non-hydrogen) atoms. The molecule has 0 aromatic heterocycles. The van der Waals surface area contributed by atoms with Crippen LogP contribution in [0.1, 0.15) is 40.5 Å². The van der Waals surface area contributed by atoms with E-state index in [1.165, 1.54) is 10.6 Å². The third kappa shape index (κ3) is 2.52. The summed E-state index contributed by atoms with van der Waals surface area (Å²) in [4.78, 5) is 0. The average molecular weight is 235 g/mol. The van der Waals surface area contributed by atoms with Gasteiger partial charge in [-0.15, -0.1) is 0 Å². The van der Waals surface area contributed by atoms with E-state index in [-0.39, 0.29) is 0 Å². The highest BCUT2D eigenvalue weighted by atomic mass is 32.2. The Hall–Kier alpha value is -0.130. The van der Waals surface area contributed by atoms with Gasteiger partial charge >= 0.3 is 0 Å². The summed E-state index contributed by atoms with van der Waals surface area (Å²) in [6.07, 6.45) is 1.79. The van der Waals surface area contributed by atoms with Crippen LogP contribution in [0.25, 0.3) is 0 Å². The number of aliphatic hydroxyl groups is 1. The van der Waals surface area contributed by atoms with Crippen LogP contribution >= 0.6 is 0 Å². The Bertz CT molecular complexity index is 328. The number of piperidine rings is 1. The molecule has 1 heterocycles. The fourth-order valence-electron chi connectivity index (χ4n) is 3.11. The third-order valence-electron chi connectivity index (χ3n) is 2.90. The second-order valence-electron chi connectivity index (χ2n) is 5.71. The lowest BCUT2D eigenvalue weighted by molar-refractivity contribution is -0.0257. The van der Waals surface area contributed by atoms with Gasteiger partial charge in [0.2, 0.25) is 10.0 Å². The van der Waals surface area contributed by atoms with E-state index >= 15 is 0 Å². The number of nitrogens with zero attached hydrogens (tertiary/aromatic N) is 1. The summed E-state index contributed by atoms with van der Waals surface area (Å²) >= 11 is 0. The summed E-state index contributed by atoms with van der Waals surface area (Å²) in [6, 6.07) is 0. The normalized spacial score (nSPS) is 27.9. The lowest BCUT2D eigenvalue weighted by atomic mass is 9.81. The van der Waals surface area contributed by atoms with Crippen molar-refractivity contribution in [2.75, 3.05) is 6.26 Å².